The molecule has 1 saturated heterocycles. The molecule has 0 radical (unpaired) electrons. The second-order valence-corrected chi connectivity index (χ2v) is 9.53. The molecule has 1 fully saturated rings. The number of benzene rings is 2. The maximum Gasteiger partial charge on any atom is 0.416 e. The zero-order valence-electron chi connectivity index (χ0n) is 21.7. The van der Waals surface area contributed by atoms with Crippen molar-refractivity contribution in [1.82, 2.24) is 30.0 Å². The van der Waals surface area contributed by atoms with Crippen molar-refractivity contribution in [1.29, 1.82) is 0 Å². The summed E-state index contributed by atoms with van der Waals surface area (Å²) in [5, 5.41) is 14.8. The van der Waals surface area contributed by atoms with Crippen molar-refractivity contribution >= 4 is 17.7 Å². The highest BCUT2D eigenvalue weighted by atomic mass is 19.4. The third-order valence-electron chi connectivity index (χ3n) is 6.81. The van der Waals surface area contributed by atoms with Crippen LogP contribution in [0.15, 0.2) is 48.5 Å². The molecule has 0 saturated carbocycles. The summed E-state index contributed by atoms with van der Waals surface area (Å²) in [7, 11) is 4.00. The Balaban J connectivity index is 1.37. The van der Waals surface area contributed by atoms with Crippen LogP contribution >= 0.6 is 0 Å². The fourth-order valence-corrected chi connectivity index (χ4v) is 4.61. The highest BCUT2D eigenvalue weighted by molar-refractivity contribution is 5.92. The molecule has 1 aliphatic rings. The molecule has 11 heteroatoms. The van der Waals surface area contributed by atoms with Gasteiger partial charge in [-0.05, 0) is 79.1 Å². The van der Waals surface area contributed by atoms with E-state index >= 15 is 0 Å². The molecular weight excluding hydrogens is 495 g/mol. The first-order valence-corrected chi connectivity index (χ1v) is 12.5. The highest BCUT2D eigenvalue weighted by Crippen LogP contribution is 2.31. The van der Waals surface area contributed by atoms with Gasteiger partial charge in [-0.25, -0.2) is 0 Å². The number of amides is 1. The maximum atomic E-state index is 13.3. The van der Waals surface area contributed by atoms with Gasteiger partial charge in [-0.2, -0.15) is 18.0 Å². The van der Waals surface area contributed by atoms with Gasteiger partial charge in [0.1, 0.15) is 0 Å². The average Bonchev–Trinajstić information content (AvgIpc) is 3.32. The van der Waals surface area contributed by atoms with E-state index in [-0.39, 0.29) is 12.5 Å². The Morgan fingerprint density at radius 1 is 1.16 bits per heavy atom. The van der Waals surface area contributed by atoms with Crippen molar-refractivity contribution in [3.8, 4) is 0 Å². The van der Waals surface area contributed by atoms with Crippen LogP contribution in [0, 0.1) is 6.92 Å². The number of aromatic nitrogens is 4. The molecule has 0 spiro atoms. The monoisotopic (exact) mass is 527 g/mol. The average molecular weight is 528 g/mol. The van der Waals surface area contributed by atoms with E-state index in [9.17, 15) is 18.0 Å². The number of aryl methyl sites for hydroxylation is 1. The second kappa shape index (κ2) is 11.8. The van der Waals surface area contributed by atoms with Gasteiger partial charge in [0.2, 0.25) is 5.91 Å². The van der Waals surface area contributed by atoms with Gasteiger partial charge in [-0.3, -0.25) is 9.69 Å². The molecule has 4 rings (SSSR count). The number of nitrogens with one attached hydrogen (secondary N) is 1. The summed E-state index contributed by atoms with van der Waals surface area (Å²) < 4.78 is 39.9. The highest BCUT2D eigenvalue weighted by Gasteiger charge is 2.31. The van der Waals surface area contributed by atoms with Crippen LogP contribution in [-0.2, 0) is 24.1 Å². The van der Waals surface area contributed by atoms with Crippen LogP contribution < -0.4 is 5.32 Å². The number of hydrogen-bond acceptors (Lipinski definition) is 6. The summed E-state index contributed by atoms with van der Waals surface area (Å²) in [5.41, 5.74) is 2.39. The van der Waals surface area contributed by atoms with Crippen molar-refractivity contribution in [3.05, 3.63) is 76.6 Å². The first-order chi connectivity index (χ1) is 18.1. The normalized spacial score (nSPS) is 15.0. The van der Waals surface area contributed by atoms with E-state index in [0.717, 1.165) is 37.2 Å². The minimum Gasteiger partial charge on any atom is -0.388 e. The molecule has 38 heavy (non-hydrogen) atoms. The SMILES string of the molecule is CNc1ccc(CN(C)C2CCN(C(=O)C=Cc3ccc(C(F)(F)F)cc3Cn3nnc(C)n3)CC2)cc1. The number of rotatable bonds is 8. The van der Waals surface area contributed by atoms with Crippen LogP contribution in [0.3, 0.4) is 0 Å². The van der Waals surface area contributed by atoms with E-state index in [1.165, 1.54) is 22.5 Å². The Morgan fingerprint density at radius 3 is 2.47 bits per heavy atom. The van der Waals surface area contributed by atoms with Gasteiger partial charge >= 0.3 is 6.18 Å². The number of alkyl halides is 3. The third kappa shape index (κ3) is 6.97. The molecule has 1 aliphatic heterocycles. The van der Waals surface area contributed by atoms with Crippen molar-refractivity contribution < 1.29 is 18.0 Å². The molecule has 2 aromatic carbocycles. The Kier molecular flexibility index (Phi) is 8.45. The largest absolute Gasteiger partial charge is 0.416 e. The summed E-state index contributed by atoms with van der Waals surface area (Å²) in [6, 6.07) is 12.2. The van der Waals surface area contributed by atoms with E-state index in [1.54, 1.807) is 17.9 Å². The van der Waals surface area contributed by atoms with Crippen molar-refractivity contribution in [2.45, 2.75) is 45.1 Å². The third-order valence-corrected chi connectivity index (χ3v) is 6.81. The number of likely N-dealkylation sites (tertiary alicyclic amines) is 1. The lowest BCUT2D eigenvalue weighted by Crippen LogP contribution is -2.44. The van der Waals surface area contributed by atoms with Crippen molar-refractivity contribution in [2.75, 3.05) is 32.5 Å². The summed E-state index contributed by atoms with van der Waals surface area (Å²) >= 11 is 0. The standard InChI is InChI=1S/C27H32F3N7O/c1-19-32-34-37(33-19)18-22-16-23(27(28,29)30)8-6-21(22)7-11-26(38)36-14-12-25(13-15-36)35(3)17-20-4-9-24(31-2)10-5-20/h4-11,16,25,31H,12-15,17-18H2,1-3H3. The Labute approximate surface area is 220 Å². The van der Waals surface area contributed by atoms with Gasteiger partial charge in [-0.1, -0.05) is 18.2 Å². The van der Waals surface area contributed by atoms with Crippen molar-refractivity contribution in [3.63, 3.8) is 0 Å². The van der Waals surface area contributed by atoms with Crippen LogP contribution in [0.25, 0.3) is 6.08 Å². The molecule has 0 atom stereocenters. The Morgan fingerprint density at radius 2 is 1.87 bits per heavy atom. The number of carbonyl (C=O) groups is 1. The van der Waals surface area contributed by atoms with Crippen LogP contribution in [0.5, 0.6) is 0 Å². The zero-order chi connectivity index (χ0) is 27.3. The lowest BCUT2D eigenvalue weighted by molar-refractivity contribution is -0.137. The molecule has 0 unspecified atom stereocenters. The van der Waals surface area contributed by atoms with Gasteiger partial charge in [0.15, 0.2) is 5.82 Å². The van der Waals surface area contributed by atoms with Crippen molar-refractivity contribution in [2.24, 2.45) is 0 Å². The minimum absolute atomic E-state index is 0.00797. The number of piperidine rings is 1. The number of anilines is 1. The zero-order valence-corrected chi connectivity index (χ0v) is 21.7. The predicted molar refractivity (Wildman–Crippen MR) is 139 cm³/mol. The molecule has 2 heterocycles. The molecule has 8 nitrogen and oxygen atoms in total. The number of nitrogens with zero attached hydrogens (tertiary/aromatic N) is 6. The fraction of sp³-hybridized carbons (Fsp3) is 0.407. The van der Waals surface area contributed by atoms with E-state index in [2.05, 4.69) is 56.9 Å². The summed E-state index contributed by atoms with van der Waals surface area (Å²) in [6.45, 7) is 3.74. The van der Waals surface area contributed by atoms with Gasteiger partial charge in [-0.15, -0.1) is 10.2 Å². The molecule has 3 aromatic rings. The van der Waals surface area contributed by atoms with Crippen LogP contribution in [0.1, 0.15) is 40.9 Å². The predicted octanol–water partition coefficient (Wildman–Crippen LogP) is 4.23. The molecule has 1 aromatic heterocycles. The van der Waals surface area contributed by atoms with Gasteiger partial charge in [0.05, 0.1) is 12.1 Å². The van der Waals surface area contributed by atoms with Gasteiger partial charge in [0, 0.05) is 44.5 Å². The van der Waals surface area contributed by atoms with Crippen LogP contribution in [0.4, 0.5) is 18.9 Å². The van der Waals surface area contributed by atoms with E-state index in [1.807, 2.05) is 7.05 Å². The quantitative estimate of drug-likeness (QED) is 0.442. The maximum absolute atomic E-state index is 13.3. The molecule has 0 bridgehead atoms. The fourth-order valence-electron chi connectivity index (χ4n) is 4.61. The van der Waals surface area contributed by atoms with Crippen LogP contribution in [-0.4, -0.2) is 69.1 Å². The number of tetrazole rings is 1. The minimum atomic E-state index is -4.48. The lowest BCUT2D eigenvalue weighted by Gasteiger charge is -2.36. The molecular formula is C27H32F3N7O. The number of halogens is 3. The smallest absolute Gasteiger partial charge is 0.388 e. The first kappa shape index (κ1) is 27.3. The van der Waals surface area contributed by atoms with E-state index < -0.39 is 11.7 Å². The first-order valence-electron chi connectivity index (χ1n) is 12.5. The Hall–Kier alpha value is -3.73. The molecule has 202 valence electrons. The van der Waals surface area contributed by atoms with Gasteiger partial charge in [0.25, 0.3) is 0 Å². The molecule has 1 amide bonds. The summed E-state index contributed by atoms with van der Waals surface area (Å²) in [6.07, 6.45) is 0.224. The summed E-state index contributed by atoms with van der Waals surface area (Å²) in [5.74, 6) is 0.263. The van der Waals surface area contributed by atoms with E-state index in [0.29, 0.717) is 36.1 Å². The number of hydrogen-bond donors (Lipinski definition) is 1. The molecule has 1 N–H and O–H groups in total. The van der Waals surface area contributed by atoms with Gasteiger partial charge < -0.3 is 10.2 Å². The Bertz CT molecular complexity index is 1260. The van der Waals surface area contributed by atoms with Crippen LogP contribution in [0.2, 0.25) is 0 Å². The second-order valence-electron chi connectivity index (χ2n) is 9.53. The number of carbonyl (C=O) groups excluding carboxylic acids is 1. The lowest BCUT2D eigenvalue weighted by atomic mass is 10.0. The molecule has 0 aliphatic carbocycles. The summed E-state index contributed by atoms with van der Waals surface area (Å²) in [4.78, 5) is 18.2. The van der Waals surface area contributed by atoms with E-state index in [4.69, 9.17) is 0 Å². The topological polar surface area (TPSA) is 79.2 Å².